The van der Waals surface area contributed by atoms with E-state index < -0.39 is 0 Å². The van der Waals surface area contributed by atoms with Crippen molar-refractivity contribution in [3.63, 3.8) is 0 Å². The van der Waals surface area contributed by atoms with Crippen LogP contribution < -0.4 is 5.84 Å². The molecule has 1 heterocycles. The maximum absolute atomic E-state index is 13.2. The molecule has 28 heavy (non-hydrogen) atoms. The molecule has 2 aliphatic rings. The molecular formula is C20H26FN5OS. The predicted molar refractivity (Wildman–Crippen MR) is 107 cm³/mol. The highest BCUT2D eigenvalue weighted by molar-refractivity contribution is 7.99. The van der Waals surface area contributed by atoms with Crippen LogP contribution in [0.15, 0.2) is 29.4 Å². The number of nitrogens with zero attached hydrogens (tertiary/aromatic N) is 4. The van der Waals surface area contributed by atoms with E-state index in [4.69, 9.17) is 5.84 Å². The van der Waals surface area contributed by atoms with Gasteiger partial charge in [-0.15, -0.1) is 10.2 Å². The van der Waals surface area contributed by atoms with Gasteiger partial charge in [-0.05, 0) is 43.4 Å². The van der Waals surface area contributed by atoms with Crippen LogP contribution in [0.3, 0.4) is 0 Å². The smallest absolute Gasteiger partial charge is 0.233 e. The lowest BCUT2D eigenvalue weighted by Crippen LogP contribution is -2.42. The molecule has 2 aromatic rings. The second-order valence-electron chi connectivity index (χ2n) is 7.71. The van der Waals surface area contributed by atoms with Crippen molar-refractivity contribution in [2.24, 2.45) is 0 Å². The zero-order valence-corrected chi connectivity index (χ0v) is 16.7. The summed E-state index contributed by atoms with van der Waals surface area (Å²) >= 11 is 1.34. The van der Waals surface area contributed by atoms with Gasteiger partial charge in [-0.3, -0.25) is 4.79 Å². The third-order valence-corrected chi connectivity index (χ3v) is 6.49. The van der Waals surface area contributed by atoms with Gasteiger partial charge >= 0.3 is 0 Å². The highest BCUT2D eigenvalue weighted by atomic mass is 32.2. The Hall–Kier alpha value is -2.09. The van der Waals surface area contributed by atoms with Crippen molar-refractivity contribution >= 4 is 17.7 Å². The molecule has 1 aromatic carbocycles. The van der Waals surface area contributed by atoms with Crippen molar-refractivity contribution < 1.29 is 9.18 Å². The van der Waals surface area contributed by atoms with Gasteiger partial charge in [0.1, 0.15) is 5.82 Å². The maximum atomic E-state index is 13.2. The summed E-state index contributed by atoms with van der Waals surface area (Å²) in [4.78, 5) is 15.0. The van der Waals surface area contributed by atoms with Gasteiger partial charge in [0.15, 0.2) is 5.82 Å². The molecule has 8 heteroatoms. The number of halogens is 1. The number of nitrogens with two attached hydrogens (primary N) is 1. The van der Waals surface area contributed by atoms with Gasteiger partial charge in [0.25, 0.3) is 0 Å². The van der Waals surface area contributed by atoms with E-state index in [0.717, 1.165) is 49.9 Å². The number of amides is 1. The first-order valence-corrected chi connectivity index (χ1v) is 11.0. The van der Waals surface area contributed by atoms with Crippen molar-refractivity contribution in [3.8, 4) is 0 Å². The van der Waals surface area contributed by atoms with Gasteiger partial charge in [-0.2, -0.15) is 0 Å². The Morgan fingerprint density at radius 2 is 1.86 bits per heavy atom. The van der Waals surface area contributed by atoms with Crippen LogP contribution in [0.1, 0.15) is 62.3 Å². The first kappa shape index (κ1) is 19.2. The van der Waals surface area contributed by atoms with Crippen LogP contribution in [0.2, 0.25) is 0 Å². The number of carbonyl (C=O) groups excluding carboxylic acids is 1. The van der Waals surface area contributed by atoms with Crippen molar-refractivity contribution in [2.45, 2.75) is 68.6 Å². The first-order chi connectivity index (χ1) is 13.6. The number of hydrogen-bond donors (Lipinski definition) is 1. The van der Waals surface area contributed by atoms with Crippen molar-refractivity contribution in [1.82, 2.24) is 19.8 Å². The first-order valence-electron chi connectivity index (χ1n) is 9.99. The van der Waals surface area contributed by atoms with Gasteiger partial charge in [0, 0.05) is 18.5 Å². The molecule has 0 aliphatic heterocycles. The molecule has 150 valence electrons. The van der Waals surface area contributed by atoms with Crippen LogP contribution in [-0.2, 0) is 11.3 Å². The van der Waals surface area contributed by atoms with E-state index >= 15 is 0 Å². The number of thioether (sulfide) groups is 1. The lowest BCUT2D eigenvalue weighted by atomic mass is 9.94. The topological polar surface area (TPSA) is 77.0 Å². The van der Waals surface area contributed by atoms with Gasteiger partial charge < -0.3 is 10.7 Å². The van der Waals surface area contributed by atoms with Gasteiger partial charge in [-0.1, -0.05) is 43.2 Å². The molecule has 0 radical (unpaired) electrons. The van der Waals surface area contributed by atoms with E-state index in [2.05, 4.69) is 10.2 Å². The maximum Gasteiger partial charge on any atom is 0.233 e. The monoisotopic (exact) mass is 403 g/mol. The van der Waals surface area contributed by atoms with Crippen molar-refractivity contribution in [3.05, 3.63) is 41.5 Å². The Morgan fingerprint density at radius 3 is 2.54 bits per heavy atom. The highest BCUT2D eigenvalue weighted by Gasteiger charge is 2.30. The standard InChI is InChI=1S/C20H26FN5OS/c21-16-10-6-14(7-11-16)12-25(17-4-2-1-3-5-17)18(27)13-28-20-24-23-19(26(20)22)15-8-9-15/h6-7,10-11,15,17H,1-5,8-9,12-13,22H2. The molecular weight excluding hydrogens is 377 g/mol. The summed E-state index contributed by atoms with van der Waals surface area (Å²) in [5.41, 5.74) is 0.948. The number of nitrogen functional groups attached to an aromatic ring is 1. The van der Waals surface area contributed by atoms with Crippen LogP contribution in [0.25, 0.3) is 0 Å². The number of carbonyl (C=O) groups is 1. The largest absolute Gasteiger partial charge is 0.336 e. The van der Waals surface area contributed by atoms with Crippen molar-refractivity contribution in [2.75, 3.05) is 11.6 Å². The SMILES string of the molecule is Nn1c(SCC(=O)N(Cc2ccc(F)cc2)C2CCCCC2)nnc1C1CC1. The Bertz CT molecular complexity index is 815. The lowest BCUT2D eigenvalue weighted by Gasteiger charge is -2.34. The van der Waals surface area contributed by atoms with Gasteiger partial charge in [0.2, 0.25) is 11.1 Å². The van der Waals surface area contributed by atoms with E-state index in [1.807, 2.05) is 4.90 Å². The Labute approximate surface area is 168 Å². The van der Waals surface area contributed by atoms with Crippen LogP contribution in [0, 0.1) is 5.82 Å². The minimum absolute atomic E-state index is 0.0668. The molecule has 2 N–H and O–H groups in total. The van der Waals surface area contributed by atoms with Crippen LogP contribution in [-0.4, -0.2) is 37.5 Å². The van der Waals surface area contributed by atoms with Crippen LogP contribution in [0.4, 0.5) is 4.39 Å². The van der Waals surface area contributed by atoms with Gasteiger partial charge in [-0.25, -0.2) is 9.07 Å². The molecule has 0 bridgehead atoms. The molecule has 6 nitrogen and oxygen atoms in total. The average Bonchev–Trinajstić information content (AvgIpc) is 3.49. The molecule has 2 aliphatic carbocycles. The molecule has 1 aromatic heterocycles. The summed E-state index contributed by atoms with van der Waals surface area (Å²) in [6, 6.07) is 6.65. The molecule has 0 saturated heterocycles. The second kappa shape index (κ2) is 8.51. The third-order valence-electron chi connectivity index (χ3n) is 5.56. The molecule has 0 unspecified atom stereocenters. The average molecular weight is 404 g/mol. The third kappa shape index (κ3) is 4.48. The molecule has 0 atom stereocenters. The predicted octanol–water partition coefficient (Wildman–Crippen LogP) is 3.46. The Kier molecular flexibility index (Phi) is 5.85. The minimum Gasteiger partial charge on any atom is -0.336 e. The summed E-state index contributed by atoms with van der Waals surface area (Å²) in [6.45, 7) is 0.507. The van der Waals surface area contributed by atoms with E-state index in [1.165, 1.54) is 35.0 Å². The van der Waals surface area contributed by atoms with E-state index in [9.17, 15) is 9.18 Å². The summed E-state index contributed by atoms with van der Waals surface area (Å²) in [7, 11) is 0. The molecule has 4 rings (SSSR count). The summed E-state index contributed by atoms with van der Waals surface area (Å²) in [5, 5.41) is 8.91. The number of rotatable bonds is 7. The highest BCUT2D eigenvalue weighted by Crippen LogP contribution is 2.39. The summed E-state index contributed by atoms with van der Waals surface area (Å²) < 4.78 is 14.8. The Balaban J connectivity index is 1.43. The molecule has 1 amide bonds. The normalized spacial score (nSPS) is 17.6. The lowest BCUT2D eigenvalue weighted by molar-refractivity contribution is -0.132. The van der Waals surface area contributed by atoms with Gasteiger partial charge in [0.05, 0.1) is 5.75 Å². The zero-order chi connectivity index (χ0) is 19.5. The minimum atomic E-state index is -0.261. The second-order valence-corrected chi connectivity index (χ2v) is 8.66. The Morgan fingerprint density at radius 1 is 1.14 bits per heavy atom. The summed E-state index contributed by atoms with van der Waals surface area (Å²) in [5.74, 6) is 7.41. The number of aromatic nitrogens is 3. The quantitative estimate of drug-likeness (QED) is 0.566. The van der Waals surface area contributed by atoms with E-state index in [1.54, 1.807) is 12.1 Å². The molecule has 2 fully saturated rings. The van der Waals surface area contributed by atoms with E-state index in [0.29, 0.717) is 17.6 Å². The molecule has 0 spiro atoms. The summed E-state index contributed by atoms with van der Waals surface area (Å²) in [6.07, 6.45) is 7.77. The fourth-order valence-electron chi connectivity index (χ4n) is 3.82. The van der Waals surface area contributed by atoms with Crippen LogP contribution in [0.5, 0.6) is 0 Å². The fraction of sp³-hybridized carbons (Fsp3) is 0.550. The number of benzene rings is 1. The fourth-order valence-corrected chi connectivity index (χ4v) is 4.57. The van der Waals surface area contributed by atoms with Crippen molar-refractivity contribution in [1.29, 1.82) is 0 Å². The van der Waals surface area contributed by atoms with E-state index in [-0.39, 0.29) is 23.5 Å². The zero-order valence-electron chi connectivity index (χ0n) is 15.9. The van der Waals surface area contributed by atoms with Crippen LogP contribution >= 0.6 is 11.8 Å². The number of hydrogen-bond acceptors (Lipinski definition) is 5. The molecule has 2 saturated carbocycles.